The summed E-state index contributed by atoms with van der Waals surface area (Å²) in [6.07, 6.45) is 5.17. The van der Waals surface area contributed by atoms with Gasteiger partial charge >= 0.3 is 0 Å². The maximum Gasteiger partial charge on any atom is 0.246 e. The minimum atomic E-state index is -1.13. The SMILES string of the molecule is C=CC(=O)N1C[C@@H]2C[C@H]1CN2c1nc2c(Nc3ccc(OCC45COC(C4)C5)c(F)c3F)ncnc2cc1F. The molecule has 2 aromatic heterocycles. The van der Waals surface area contributed by atoms with Crippen molar-refractivity contribution in [1.29, 1.82) is 0 Å². The van der Waals surface area contributed by atoms with Crippen molar-refractivity contribution in [3.63, 3.8) is 0 Å². The second-order valence-corrected chi connectivity index (χ2v) is 10.8. The zero-order chi connectivity index (χ0) is 26.9. The van der Waals surface area contributed by atoms with Crippen LogP contribution in [0.5, 0.6) is 5.75 Å². The molecule has 1 saturated carbocycles. The van der Waals surface area contributed by atoms with Gasteiger partial charge in [-0.15, -0.1) is 0 Å². The first-order chi connectivity index (χ1) is 18.8. The smallest absolute Gasteiger partial charge is 0.246 e. The van der Waals surface area contributed by atoms with Crippen LogP contribution < -0.4 is 15.0 Å². The summed E-state index contributed by atoms with van der Waals surface area (Å²) in [6, 6.07) is 3.81. The molecule has 4 saturated heterocycles. The molecule has 5 fully saturated rings. The Labute approximate surface area is 221 Å². The maximum absolute atomic E-state index is 15.1. The lowest BCUT2D eigenvalue weighted by Gasteiger charge is -2.34. The molecule has 202 valence electrons. The second kappa shape index (κ2) is 8.80. The summed E-state index contributed by atoms with van der Waals surface area (Å²) < 4.78 is 56.3. The van der Waals surface area contributed by atoms with Crippen molar-refractivity contribution < 1.29 is 27.4 Å². The molecule has 6 heterocycles. The number of nitrogens with one attached hydrogen (secondary N) is 1. The van der Waals surface area contributed by atoms with Crippen LogP contribution >= 0.6 is 0 Å². The Morgan fingerprint density at radius 3 is 2.77 bits per heavy atom. The number of amides is 1. The van der Waals surface area contributed by atoms with Gasteiger partial charge in [0, 0.05) is 24.6 Å². The number of ether oxygens (including phenoxy) is 2. The summed E-state index contributed by atoms with van der Waals surface area (Å²) in [6.45, 7) is 5.24. The van der Waals surface area contributed by atoms with Crippen LogP contribution in [0.4, 0.5) is 30.5 Å². The topological polar surface area (TPSA) is 92.7 Å². The van der Waals surface area contributed by atoms with Crippen molar-refractivity contribution in [3.05, 3.63) is 54.6 Å². The molecule has 1 N–H and O–H groups in total. The van der Waals surface area contributed by atoms with Crippen LogP contribution in [0.1, 0.15) is 19.3 Å². The number of pyridine rings is 1. The molecule has 5 aliphatic rings. The molecule has 4 aliphatic heterocycles. The van der Waals surface area contributed by atoms with E-state index < -0.39 is 17.5 Å². The highest BCUT2D eigenvalue weighted by atomic mass is 19.2. The molecule has 8 rings (SSSR count). The summed E-state index contributed by atoms with van der Waals surface area (Å²) >= 11 is 0. The Bertz CT molecular complexity index is 1510. The molecule has 0 unspecified atom stereocenters. The maximum atomic E-state index is 15.1. The third-order valence-corrected chi connectivity index (χ3v) is 8.30. The number of piperazine rings is 1. The minimum Gasteiger partial charge on any atom is -0.490 e. The number of hydrogen-bond donors (Lipinski definition) is 1. The summed E-state index contributed by atoms with van der Waals surface area (Å²) in [4.78, 5) is 28.4. The molecule has 0 spiro atoms. The zero-order valence-corrected chi connectivity index (χ0v) is 20.9. The quantitative estimate of drug-likeness (QED) is 0.455. The average Bonchev–Trinajstić information content (AvgIpc) is 3.71. The third kappa shape index (κ3) is 3.88. The molecular weight excluding hydrogens is 513 g/mol. The summed E-state index contributed by atoms with van der Waals surface area (Å²) in [7, 11) is 0. The highest BCUT2D eigenvalue weighted by Crippen LogP contribution is 2.50. The van der Waals surface area contributed by atoms with Crippen LogP contribution in [-0.4, -0.2) is 70.2 Å². The van der Waals surface area contributed by atoms with Gasteiger partial charge in [0.1, 0.15) is 11.8 Å². The number of carbonyl (C=O) groups excluding carboxylic acids is 1. The minimum absolute atomic E-state index is 0.0636. The Kier molecular flexibility index (Phi) is 5.45. The first kappa shape index (κ1) is 24.1. The van der Waals surface area contributed by atoms with Crippen LogP contribution in [0, 0.1) is 22.9 Å². The van der Waals surface area contributed by atoms with Gasteiger partial charge < -0.3 is 24.6 Å². The van der Waals surface area contributed by atoms with Crippen molar-refractivity contribution in [3.8, 4) is 5.75 Å². The molecule has 1 aromatic carbocycles. The van der Waals surface area contributed by atoms with Gasteiger partial charge in [-0.3, -0.25) is 4.79 Å². The lowest BCUT2D eigenvalue weighted by molar-refractivity contribution is -0.127. The lowest BCUT2D eigenvalue weighted by Crippen LogP contribution is -2.48. The number of aromatic nitrogens is 3. The number of hydrogen-bond acceptors (Lipinski definition) is 8. The van der Waals surface area contributed by atoms with Gasteiger partial charge in [-0.1, -0.05) is 6.58 Å². The van der Waals surface area contributed by atoms with E-state index in [9.17, 15) is 9.18 Å². The highest BCUT2D eigenvalue weighted by molar-refractivity contribution is 5.89. The summed E-state index contributed by atoms with van der Waals surface area (Å²) in [5.41, 5.74) is 0.129. The number of rotatable bonds is 7. The molecule has 4 bridgehead atoms. The Morgan fingerprint density at radius 1 is 1.21 bits per heavy atom. The monoisotopic (exact) mass is 538 g/mol. The Balaban J connectivity index is 1.14. The van der Waals surface area contributed by atoms with E-state index in [0.717, 1.165) is 12.8 Å². The van der Waals surface area contributed by atoms with E-state index in [0.29, 0.717) is 26.1 Å². The largest absolute Gasteiger partial charge is 0.490 e. The van der Waals surface area contributed by atoms with Crippen molar-refractivity contribution in [2.24, 2.45) is 5.41 Å². The van der Waals surface area contributed by atoms with Crippen LogP contribution in [-0.2, 0) is 9.53 Å². The van der Waals surface area contributed by atoms with Crippen LogP contribution in [0.15, 0.2) is 37.2 Å². The van der Waals surface area contributed by atoms with E-state index in [-0.39, 0.29) is 70.2 Å². The third-order valence-electron chi connectivity index (χ3n) is 8.30. The second-order valence-electron chi connectivity index (χ2n) is 10.8. The fraction of sp³-hybridized carbons (Fsp3) is 0.407. The fourth-order valence-electron chi connectivity index (χ4n) is 6.25. The van der Waals surface area contributed by atoms with Crippen molar-refractivity contribution >= 4 is 34.3 Å². The number of halogens is 3. The molecule has 12 heteroatoms. The van der Waals surface area contributed by atoms with Crippen molar-refractivity contribution in [1.82, 2.24) is 19.9 Å². The van der Waals surface area contributed by atoms with Crippen molar-refractivity contribution in [2.75, 3.05) is 36.5 Å². The summed E-state index contributed by atoms with van der Waals surface area (Å²) in [5, 5.41) is 2.79. The van der Waals surface area contributed by atoms with E-state index in [1.807, 2.05) is 4.90 Å². The van der Waals surface area contributed by atoms with Gasteiger partial charge in [0.2, 0.25) is 11.7 Å². The normalized spacial score (nSPS) is 26.7. The molecular formula is C27H25F3N6O3. The lowest BCUT2D eigenvalue weighted by atomic mass is 9.71. The van der Waals surface area contributed by atoms with Crippen LogP contribution in [0.3, 0.4) is 0 Å². The number of benzene rings is 1. The Morgan fingerprint density at radius 2 is 2.05 bits per heavy atom. The predicted octanol–water partition coefficient (Wildman–Crippen LogP) is 3.72. The van der Waals surface area contributed by atoms with E-state index >= 15 is 8.78 Å². The molecule has 1 amide bonds. The van der Waals surface area contributed by atoms with Gasteiger partial charge in [0.25, 0.3) is 0 Å². The highest BCUT2D eigenvalue weighted by Gasteiger charge is 2.52. The van der Waals surface area contributed by atoms with Crippen molar-refractivity contribution in [2.45, 2.75) is 37.5 Å². The average molecular weight is 539 g/mol. The molecule has 39 heavy (non-hydrogen) atoms. The van der Waals surface area contributed by atoms with Crippen LogP contribution in [0.2, 0.25) is 0 Å². The van der Waals surface area contributed by atoms with E-state index in [4.69, 9.17) is 9.47 Å². The first-order valence-corrected chi connectivity index (χ1v) is 12.8. The zero-order valence-electron chi connectivity index (χ0n) is 20.9. The van der Waals surface area contributed by atoms with E-state index in [2.05, 4.69) is 26.8 Å². The predicted molar refractivity (Wildman–Crippen MR) is 135 cm³/mol. The first-order valence-electron chi connectivity index (χ1n) is 12.8. The number of carbonyl (C=O) groups is 1. The van der Waals surface area contributed by atoms with Gasteiger partial charge in [0.05, 0.1) is 42.6 Å². The van der Waals surface area contributed by atoms with E-state index in [1.54, 1.807) is 4.90 Å². The van der Waals surface area contributed by atoms with E-state index in [1.165, 1.54) is 30.6 Å². The number of fused-ring (bicyclic) bond motifs is 4. The van der Waals surface area contributed by atoms with Gasteiger partial charge in [0.15, 0.2) is 29.0 Å². The summed E-state index contributed by atoms with van der Waals surface area (Å²) in [5.74, 6) is -2.93. The van der Waals surface area contributed by atoms with Gasteiger partial charge in [-0.05, 0) is 37.5 Å². The Hall–Kier alpha value is -3.93. The molecule has 1 aliphatic carbocycles. The van der Waals surface area contributed by atoms with Gasteiger partial charge in [-0.2, -0.15) is 4.39 Å². The number of nitrogens with zero attached hydrogens (tertiary/aromatic N) is 5. The van der Waals surface area contributed by atoms with Crippen LogP contribution in [0.25, 0.3) is 11.0 Å². The molecule has 9 nitrogen and oxygen atoms in total. The molecule has 3 aromatic rings. The standard InChI is InChI=1S/C27H25F3N6O3/c1-2-21(37)35-9-15-5-14(35)10-36(15)26-17(28)6-19-24(34-26)25(32-13-31-19)33-18-3-4-20(23(30)22(18)29)39-12-27-7-16(8-27)38-11-27/h2-4,6,13-16H,1,5,7-12H2,(H,31,32,33)/t14-,15-,16?,27?/m0/s1. The fourth-order valence-corrected chi connectivity index (χ4v) is 6.25. The number of anilines is 3. The molecule has 0 radical (unpaired) electrons. The van der Waals surface area contributed by atoms with Gasteiger partial charge in [-0.25, -0.2) is 23.7 Å². The molecule has 2 atom stereocenters. The number of likely N-dealkylation sites (tertiary alicyclic amines) is 1.